The lowest BCUT2D eigenvalue weighted by atomic mass is 10.0. The van der Waals surface area contributed by atoms with E-state index in [0.717, 1.165) is 4.47 Å². The zero-order valence-electron chi connectivity index (χ0n) is 16.3. The molecule has 0 bridgehead atoms. The molecule has 162 valence electrons. The van der Waals surface area contributed by atoms with Gasteiger partial charge in [-0.15, -0.1) is 13.2 Å². The number of halogens is 5. The number of oxazole rings is 1. The Balaban J connectivity index is 2.07. The molecule has 0 aliphatic rings. The second-order valence-corrected chi connectivity index (χ2v) is 7.76. The van der Waals surface area contributed by atoms with E-state index in [0.29, 0.717) is 44.9 Å². The van der Waals surface area contributed by atoms with Crippen LogP contribution in [0, 0.1) is 6.92 Å². The van der Waals surface area contributed by atoms with Gasteiger partial charge in [0, 0.05) is 34.4 Å². The van der Waals surface area contributed by atoms with Crippen molar-refractivity contribution in [1.82, 2.24) is 4.98 Å². The van der Waals surface area contributed by atoms with E-state index >= 15 is 0 Å². The van der Waals surface area contributed by atoms with Gasteiger partial charge in [-0.2, -0.15) is 0 Å². The van der Waals surface area contributed by atoms with Gasteiger partial charge in [0.1, 0.15) is 11.4 Å². The normalized spacial score (nSPS) is 12.9. The predicted octanol–water partition coefficient (Wildman–Crippen LogP) is 7.11. The van der Waals surface area contributed by atoms with Crippen molar-refractivity contribution in [2.45, 2.75) is 20.2 Å². The van der Waals surface area contributed by atoms with Crippen molar-refractivity contribution in [2.24, 2.45) is 10.7 Å². The molecule has 0 amide bonds. The van der Waals surface area contributed by atoms with Crippen molar-refractivity contribution in [1.29, 1.82) is 0 Å². The van der Waals surface area contributed by atoms with Crippen LogP contribution in [0.25, 0.3) is 22.6 Å². The number of aliphatic imine (C=N–C) groups is 1. The average molecular weight is 515 g/mol. The molecule has 0 saturated heterocycles. The topological polar surface area (TPSA) is 73.6 Å². The van der Waals surface area contributed by atoms with Crippen LogP contribution >= 0.6 is 27.5 Å². The minimum absolute atomic E-state index is 0.295. The lowest BCUT2D eigenvalue weighted by Crippen LogP contribution is -2.16. The summed E-state index contributed by atoms with van der Waals surface area (Å²) in [5.41, 5.74) is 8.23. The fourth-order valence-electron chi connectivity index (χ4n) is 2.65. The fraction of sp³-hybridized carbons (Fsp3) is 0.143. The standard InChI is InChI=1S/C21H16BrClF3N3O2/c1-11(27)17(23)10-28-18-8-5-14(22)9-16(18)20-19(29-12(2)30-20)13-3-6-15(7-4-13)31-21(24,25)26/h3-10H,27H2,1-2H3. The summed E-state index contributed by atoms with van der Waals surface area (Å²) < 4.78 is 47.8. The van der Waals surface area contributed by atoms with E-state index in [-0.39, 0.29) is 5.75 Å². The Hall–Kier alpha value is -2.78. The van der Waals surface area contributed by atoms with Gasteiger partial charge in [-0.25, -0.2) is 4.98 Å². The van der Waals surface area contributed by atoms with E-state index in [1.165, 1.54) is 30.5 Å². The number of hydrogen-bond donors (Lipinski definition) is 1. The van der Waals surface area contributed by atoms with E-state index in [9.17, 15) is 13.2 Å². The van der Waals surface area contributed by atoms with E-state index in [2.05, 4.69) is 30.6 Å². The van der Waals surface area contributed by atoms with Crippen molar-refractivity contribution in [3.05, 3.63) is 63.6 Å². The third-order valence-corrected chi connectivity index (χ3v) is 4.88. The molecular formula is C21H16BrClF3N3O2. The molecule has 0 atom stereocenters. The number of aryl methyl sites for hydroxylation is 1. The summed E-state index contributed by atoms with van der Waals surface area (Å²) in [6.45, 7) is 3.33. The molecule has 1 heterocycles. The molecule has 0 unspecified atom stereocenters. The summed E-state index contributed by atoms with van der Waals surface area (Å²) >= 11 is 9.48. The van der Waals surface area contributed by atoms with Crippen molar-refractivity contribution in [3.8, 4) is 28.3 Å². The molecule has 3 rings (SSSR count). The van der Waals surface area contributed by atoms with Crippen LogP contribution in [-0.2, 0) is 0 Å². The maximum Gasteiger partial charge on any atom is 0.573 e. The first-order valence-electron chi connectivity index (χ1n) is 8.83. The molecule has 31 heavy (non-hydrogen) atoms. The molecule has 0 spiro atoms. The number of ether oxygens (including phenoxy) is 1. The molecule has 1 aromatic heterocycles. The number of benzene rings is 2. The van der Waals surface area contributed by atoms with E-state index in [1.807, 2.05) is 0 Å². The molecule has 0 saturated carbocycles. The van der Waals surface area contributed by atoms with Crippen LogP contribution in [0.1, 0.15) is 12.8 Å². The smallest absolute Gasteiger partial charge is 0.440 e. The van der Waals surface area contributed by atoms with Gasteiger partial charge in [0.25, 0.3) is 0 Å². The maximum absolute atomic E-state index is 12.4. The lowest BCUT2D eigenvalue weighted by molar-refractivity contribution is -0.274. The van der Waals surface area contributed by atoms with Crippen molar-refractivity contribution in [2.75, 3.05) is 0 Å². The second-order valence-electron chi connectivity index (χ2n) is 6.43. The van der Waals surface area contributed by atoms with E-state index in [4.69, 9.17) is 21.8 Å². The first-order valence-corrected chi connectivity index (χ1v) is 10.00. The minimum Gasteiger partial charge on any atom is -0.440 e. The van der Waals surface area contributed by atoms with Crippen LogP contribution < -0.4 is 10.5 Å². The maximum atomic E-state index is 12.4. The van der Waals surface area contributed by atoms with Crippen molar-refractivity contribution in [3.63, 3.8) is 0 Å². The Morgan fingerprint density at radius 2 is 1.90 bits per heavy atom. The second kappa shape index (κ2) is 9.15. The fourth-order valence-corrected chi connectivity index (χ4v) is 3.06. The Morgan fingerprint density at radius 1 is 1.23 bits per heavy atom. The van der Waals surface area contributed by atoms with Gasteiger partial charge < -0.3 is 14.9 Å². The van der Waals surface area contributed by atoms with Gasteiger partial charge in [-0.05, 0) is 49.4 Å². The minimum atomic E-state index is -4.77. The highest BCUT2D eigenvalue weighted by molar-refractivity contribution is 9.10. The number of aromatic nitrogens is 1. The Morgan fingerprint density at radius 3 is 2.52 bits per heavy atom. The van der Waals surface area contributed by atoms with Gasteiger partial charge in [0.15, 0.2) is 11.7 Å². The molecular weight excluding hydrogens is 499 g/mol. The molecule has 2 N–H and O–H groups in total. The number of rotatable bonds is 5. The van der Waals surface area contributed by atoms with Crippen molar-refractivity contribution < 1.29 is 22.3 Å². The summed E-state index contributed by atoms with van der Waals surface area (Å²) in [4.78, 5) is 8.80. The van der Waals surface area contributed by atoms with Crippen molar-refractivity contribution >= 4 is 39.4 Å². The summed E-state index contributed by atoms with van der Waals surface area (Å²) in [5.74, 6) is 0.454. The first kappa shape index (κ1) is 22.9. The Labute approximate surface area is 189 Å². The quantitative estimate of drug-likeness (QED) is 0.368. The Bertz CT molecular complexity index is 1150. The van der Waals surface area contributed by atoms with Crippen LogP contribution in [0.15, 0.2) is 67.1 Å². The molecule has 3 aromatic rings. The molecule has 10 heteroatoms. The zero-order chi connectivity index (χ0) is 22.8. The highest BCUT2D eigenvalue weighted by atomic mass is 79.9. The van der Waals surface area contributed by atoms with Gasteiger partial charge in [0.2, 0.25) is 0 Å². The summed E-state index contributed by atoms with van der Waals surface area (Å²) in [7, 11) is 0. The summed E-state index contributed by atoms with van der Waals surface area (Å²) in [6, 6.07) is 10.7. The third-order valence-electron chi connectivity index (χ3n) is 3.99. The third kappa shape index (κ3) is 5.89. The van der Waals surface area contributed by atoms with Crippen LogP contribution in [0.4, 0.5) is 18.9 Å². The van der Waals surface area contributed by atoms with Gasteiger partial charge in [-0.1, -0.05) is 27.5 Å². The predicted molar refractivity (Wildman–Crippen MR) is 117 cm³/mol. The molecule has 0 aliphatic heterocycles. The number of alkyl halides is 3. The first-order chi connectivity index (χ1) is 14.5. The van der Waals surface area contributed by atoms with Gasteiger partial charge in [-0.3, -0.25) is 4.99 Å². The summed E-state index contributed by atoms with van der Waals surface area (Å²) in [6.07, 6.45) is -3.34. The molecule has 0 radical (unpaired) electrons. The molecule has 5 nitrogen and oxygen atoms in total. The highest BCUT2D eigenvalue weighted by Gasteiger charge is 2.31. The largest absolute Gasteiger partial charge is 0.573 e. The summed E-state index contributed by atoms with van der Waals surface area (Å²) in [5, 5.41) is 0.295. The van der Waals surface area contributed by atoms with Gasteiger partial charge in [0.05, 0.1) is 10.7 Å². The highest BCUT2D eigenvalue weighted by Crippen LogP contribution is 2.40. The molecule has 2 aromatic carbocycles. The van der Waals surface area contributed by atoms with Crippen LogP contribution in [-0.4, -0.2) is 17.6 Å². The number of allylic oxidation sites excluding steroid dienone is 2. The number of nitrogens with zero attached hydrogens (tertiary/aromatic N) is 2. The Kier molecular flexibility index (Phi) is 6.76. The lowest BCUT2D eigenvalue weighted by Gasteiger charge is -2.09. The van der Waals surface area contributed by atoms with Gasteiger partial charge >= 0.3 is 6.36 Å². The SMILES string of the molecule is CC(N)=C(Cl)C=Nc1ccc(Br)cc1-c1oc(C)nc1-c1ccc(OC(F)(F)F)cc1. The van der Waals surface area contributed by atoms with Crippen LogP contribution in [0.3, 0.4) is 0 Å². The monoisotopic (exact) mass is 513 g/mol. The number of hydrogen-bond acceptors (Lipinski definition) is 5. The van der Waals surface area contributed by atoms with E-state index < -0.39 is 6.36 Å². The van der Waals surface area contributed by atoms with Crippen LogP contribution in [0.2, 0.25) is 0 Å². The van der Waals surface area contributed by atoms with Crippen LogP contribution in [0.5, 0.6) is 5.75 Å². The number of nitrogens with two attached hydrogens (primary N) is 1. The average Bonchev–Trinajstić information content (AvgIpc) is 3.07. The molecule has 0 aliphatic carbocycles. The molecule has 0 fully saturated rings. The van der Waals surface area contributed by atoms with E-state index in [1.54, 1.807) is 32.0 Å². The zero-order valence-corrected chi connectivity index (χ0v) is 18.6.